The number of ether oxygens (including phenoxy) is 3. The molecular weight excluding hydrogens is 246 g/mol. The van der Waals surface area contributed by atoms with Crippen molar-refractivity contribution in [3.8, 4) is 0 Å². The number of amides is 1. The minimum atomic E-state index is 0.0840. The van der Waals surface area contributed by atoms with Gasteiger partial charge in [-0.15, -0.1) is 0 Å². The zero-order valence-electron chi connectivity index (χ0n) is 12.7. The Balaban J connectivity index is 3.13. The first-order valence-electron chi connectivity index (χ1n) is 7.06. The second-order valence-corrected chi connectivity index (χ2v) is 5.09. The summed E-state index contributed by atoms with van der Waals surface area (Å²) in [5.74, 6) is 0.475. The highest BCUT2D eigenvalue weighted by Crippen LogP contribution is 1.97. The van der Waals surface area contributed by atoms with Crippen LogP contribution in [0, 0.1) is 5.92 Å². The molecule has 0 radical (unpaired) electrons. The zero-order valence-corrected chi connectivity index (χ0v) is 12.7. The quantitative estimate of drug-likeness (QED) is 0.550. The summed E-state index contributed by atoms with van der Waals surface area (Å²) in [4.78, 5) is 11.3. The predicted molar refractivity (Wildman–Crippen MR) is 75.2 cm³/mol. The van der Waals surface area contributed by atoms with Gasteiger partial charge in [-0.3, -0.25) is 4.79 Å². The first-order valence-corrected chi connectivity index (χ1v) is 7.06. The van der Waals surface area contributed by atoms with Crippen molar-refractivity contribution in [1.29, 1.82) is 0 Å². The smallest absolute Gasteiger partial charge is 0.220 e. The van der Waals surface area contributed by atoms with E-state index in [1.165, 1.54) is 0 Å². The average Bonchev–Trinajstić information content (AvgIpc) is 2.30. The van der Waals surface area contributed by atoms with E-state index in [1.54, 1.807) is 0 Å². The Morgan fingerprint density at radius 3 is 2.11 bits per heavy atom. The van der Waals surface area contributed by atoms with E-state index in [1.807, 2.05) is 27.7 Å². The standard InChI is InChI=1S/C14H29NO4/c1-12(2)11-14(16)15-5-6-17-7-8-18-9-10-19-13(3)4/h12-13H,5-11H2,1-4H3,(H,15,16). The van der Waals surface area contributed by atoms with Gasteiger partial charge in [-0.2, -0.15) is 0 Å². The van der Waals surface area contributed by atoms with E-state index in [-0.39, 0.29) is 12.0 Å². The fraction of sp³-hybridized carbons (Fsp3) is 0.929. The summed E-state index contributed by atoms with van der Waals surface area (Å²) in [7, 11) is 0. The number of carbonyl (C=O) groups excluding carboxylic acids is 1. The maximum absolute atomic E-state index is 11.3. The van der Waals surface area contributed by atoms with Crippen LogP contribution >= 0.6 is 0 Å². The highest BCUT2D eigenvalue weighted by atomic mass is 16.5. The lowest BCUT2D eigenvalue weighted by Crippen LogP contribution is -2.28. The summed E-state index contributed by atoms with van der Waals surface area (Å²) in [6.45, 7) is 11.4. The summed E-state index contributed by atoms with van der Waals surface area (Å²) in [6, 6.07) is 0. The van der Waals surface area contributed by atoms with E-state index in [9.17, 15) is 4.79 Å². The van der Waals surface area contributed by atoms with E-state index in [0.29, 0.717) is 51.9 Å². The molecule has 0 rings (SSSR count). The molecule has 0 saturated carbocycles. The highest BCUT2D eigenvalue weighted by molar-refractivity contribution is 5.75. The monoisotopic (exact) mass is 275 g/mol. The topological polar surface area (TPSA) is 56.8 Å². The molecule has 0 fully saturated rings. The Hall–Kier alpha value is -0.650. The van der Waals surface area contributed by atoms with Gasteiger partial charge in [0.2, 0.25) is 5.91 Å². The van der Waals surface area contributed by atoms with Gasteiger partial charge < -0.3 is 19.5 Å². The Labute approximate surface area is 117 Å². The molecule has 0 heterocycles. The molecule has 0 aromatic rings. The Morgan fingerprint density at radius 1 is 0.947 bits per heavy atom. The molecule has 0 aliphatic rings. The van der Waals surface area contributed by atoms with Gasteiger partial charge in [0.15, 0.2) is 0 Å². The number of hydrogen-bond donors (Lipinski definition) is 1. The molecule has 1 N–H and O–H groups in total. The minimum Gasteiger partial charge on any atom is -0.377 e. The lowest BCUT2D eigenvalue weighted by atomic mass is 10.1. The van der Waals surface area contributed by atoms with Crippen molar-refractivity contribution in [2.45, 2.75) is 40.2 Å². The molecule has 0 bridgehead atoms. The third-order valence-electron chi connectivity index (χ3n) is 2.21. The summed E-state index contributed by atoms with van der Waals surface area (Å²) in [5.41, 5.74) is 0. The molecule has 5 heteroatoms. The molecule has 19 heavy (non-hydrogen) atoms. The van der Waals surface area contributed by atoms with E-state index in [4.69, 9.17) is 14.2 Å². The largest absolute Gasteiger partial charge is 0.377 e. The molecule has 5 nitrogen and oxygen atoms in total. The van der Waals surface area contributed by atoms with Crippen molar-refractivity contribution in [3.63, 3.8) is 0 Å². The lowest BCUT2D eigenvalue weighted by molar-refractivity contribution is -0.122. The third-order valence-corrected chi connectivity index (χ3v) is 2.21. The molecule has 0 aliphatic carbocycles. The van der Waals surface area contributed by atoms with Crippen LogP contribution in [0.25, 0.3) is 0 Å². The number of rotatable bonds is 12. The fourth-order valence-electron chi connectivity index (χ4n) is 1.37. The second-order valence-electron chi connectivity index (χ2n) is 5.09. The zero-order chi connectivity index (χ0) is 14.5. The Bertz CT molecular complexity index is 219. The lowest BCUT2D eigenvalue weighted by Gasteiger charge is -2.09. The maximum Gasteiger partial charge on any atom is 0.220 e. The molecule has 0 saturated heterocycles. The molecule has 0 atom stereocenters. The fourth-order valence-corrected chi connectivity index (χ4v) is 1.37. The van der Waals surface area contributed by atoms with Crippen LogP contribution in [0.4, 0.5) is 0 Å². The van der Waals surface area contributed by atoms with Crippen LogP contribution in [0.5, 0.6) is 0 Å². The van der Waals surface area contributed by atoms with Crippen LogP contribution in [0.15, 0.2) is 0 Å². The van der Waals surface area contributed by atoms with Crippen LogP contribution in [-0.2, 0) is 19.0 Å². The van der Waals surface area contributed by atoms with Gasteiger partial charge in [0.05, 0.1) is 39.1 Å². The van der Waals surface area contributed by atoms with Crippen LogP contribution in [0.1, 0.15) is 34.1 Å². The second kappa shape index (κ2) is 12.4. The van der Waals surface area contributed by atoms with Gasteiger partial charge in [0.1, 0.15) is 0 Å². The third kappa shape index (κ3) is 15.3. The van der Waals surface area contributed by atoms with Crippen LogP contribution < -0.4 is 5.32 Å². The SMILES string of the molecule is CC(C)CC(=O)NCCOCCOCCOC(C)C. The van der Waals surface area contributed by atoms with Gasteiger partial charge in [0.25, 0.3) is 0 Å². The normalized spacial score (nSPS) is 11.3. The van der Waals surface area contributed by atoms with Crippen LogP contribution in [0.3, 0.4) is 0 Å². The van der Waals surface area contributed by atoms with Crippen molar-refractivity contribution in [2.24, 2.45) is 5.92 Å². The molecule has 0 unspecified atom stereocenters. The van der Waals surface area contributed by atoms with E-state index in [2.05, 4.69) is 5.32 Å². The summed E-state index contributed by atoms with van der Waals surface area (Å²) in [6.07, 6.45) is 0.813. The molecular formula is C14H29NO4. The van der Waals surface area contributed by atoms with Crippen molar-refractivity contribution >= 4 is 5.91 Å². The first-order chi connectivity index (χ1) is 9.02. The summed E-state index contributed by atoms with van der Waals surface area (Å²) >= 11 is 0. The van der Waals surface area contributed by atoms with Gasteiger partial charge in [-0.1, -0.05) is 13.8 Å². The van der Waals surface area contributed by atoms with Gasteiger partial charge in [-0.25, -0.2) is 0 Å². The minimum absolute atomic E-state index is 0.0840. The maximum atomic E-state index is 11.3. The molecule has 1 amide bonds. The molecule has 0 aliphatic heterocycles. The predicted octanol–water partition coefficient (Wildman–Crippen LogP) is 1.61. The summed E-state index contributed by atoms with van der Waals surface area (Å²) in [5, 5.41) is 2.81. The van der Waals surface area contributed by atoms with Crippen LogP contribution in [-0.4, -0.2) is 51.6 Å². The van der Waals surface area contributed by atoms with Gasteiger partial charge in [-0.05, 0) is 19.8 Å². The Morgan fingerprint density at radius 2 is 1.53 bits per heavy atom. The van der Waals surface area contributed by atoms with Gasteiger partial charge >= 0.3 is 0 Å². The summed E-state index contributed by atoms with van der Waals surface area (Å²) < 4.78 is 16.0. The van der Waals surface area contributed by atoms with Gasteiger partial charge in [0, 0.05) is 13.0 Å². The van der Waals surface area contributed by atoms with E-state index >= 15 is 0 Å². The average molecular weight is 275 g/mol. The Kier molecular flexibility index (Phi) is 12.0. The van der Waals surface area contributed by atoms with E-state index < -0.39 is 0 Å². The van der Waals surface area contributed by atoms with Crippen molar-refractivity contribution < 1.29 is 19.0 Å². The van der Waals surface area contributed by atoms with Crippen molar-refractivity contribution in [1.82, 2.24) is 5.32 Å². The number of nitrogens with one attached hydrogen (secondary N) is 1. The van der Waals surface area contributed by atoms with Crippen LogP contribution in [0.2, 0.25) is 0 Å². The van der Waals surface area contributed by atoms with Crippen molar-refractivity contribution in [2.75, 3.05) is 39.6 Å². The molecule has 0 aromatic carbocycles. The molecule has 114 valence electrons. The number of carbonyl (C=O) groups is 1. The van der Waals surface area contributed by atoms with Crippen molar-refractivity contribution in [3.05, 3.63) is 0 Å². The molecule has 0 aromatic heterocycles. The highest BCUT2D eigenvalue weighted by Gasteiger charge is 2.03. The number of hydrogen-bond acceptors (Lipinski definition) is 4. The van der Waals surface area contributed by atoms with E-state index in [0.717, 1.165) is 0 Å². The first kappa shape index (κ1) is 18.4. The molecule has 0 spiro atoms.